The summed E-state index contributed by atoms with van der Waals surface area (Å²) < 4.78 is 4.86. The molecule has 2 rings (SSSR count). The summed E-state index contributed by atoms with van der Waals surface area (Å²) in [5.74, 6) is -1.52. The Bertz CT molecular complexity index is 851. The molecule has 0 bridgehead atoms. The maximum Gasteiger partial charge on any atom is 0.345 e. The number of nitrogens with zero attached hydrogens (tertiary/aromatic N) is 1. The minimum absolute atomic E-state index is 0.121. The Morgan fingerprint density at radius 2 is 1.96 bits per heavy atom. The van der Waals surface area contributed by atoms with Crippen LogP contribution in [0.1, 0.15) is 21.5 Å². The lowest BCUT2D eigenvalue weighted by Crippen LogP contribution is -2.21. The number of hydrogen-bond donors (Lipinski definition) is 1. The van der Waals surface area contributed by atoms with Crippen molar-refractivity contribution < 1.29 is 19.2 Å². The molecule has 8 heteroatoms. The summed E-state index contributed by atoms with van der Waals surface area (Å²) in [4.78, 5) is 34.2. The number of aryl methyl sites for hydroxylation is 1. The van der Waals surface area contributed by atoms with Crippen LogP contribution in [-0.4, -0.2) is 23.4 Å². The van der Waals surface area contributed by atoms with E-state index in [4.69, 9.17) is 16.3 Å². The van der Waals surface area contributed by atoms with Gasteiger partial charge in [0.1, 0.15) is 5.56 Å². The molecule has 0 aliphatic heterocycles. The number of carbonyl (C=O) groups excluding carboxylic acids is 2. The van der Waals surface area contributed by atoms with E-state index >= 15 is 0 Å². The van der Waals surface area contributed by atoms with Crippen LogP contribution in [0.2, 0.25) is 5.02 Å². The maximum absolute atomic E-state index is 12.0. The summed E-state index contributed by atoms with van der Waals surface area (Å²) in [7, 11) is 0. The lowest BCUT2D eigenvalue weighted by Gasteiger charge is -2.10. The van der Waals surface area contributed by atoms with Crippen molar-refractivity contribution in [2.24, 2.45) is 0 Å². The van der Waals surface area contributed by atoms with E-state index in [1.165, 1.54) is 12.1 Å². The molecule has 0 aliphatic rings. The standard InChI is InChI=1S/C17H15ClN2O5/c1-10-4-3-5-14(11(10)2)19-16(21)9-25-17(22)13-7-6-12(18)8-15(13)20(23)24/h3-8H,9H2,1-2H3,(H,19,21). The SMILES string of the molecule is Cc1cccc(NC(=O)COC(=O)c2ccc(Cl)cc2[N+](=O)[O-])c1C. The number of ether oxygens (including phenoxy) is 1. The van der Waals surface area contributed by atoms with Gasteiger partial charge in [-0.25, -0.2) is 4.79 Å². The molecule has 130 valence electrons. The zero-order valence-corrected chi connectivity index (χ0v) is 14.3. The van der Waals surface area contributed by atoms with E-state index < -0.39 is 29.1 Å². The van der Waals surface area contributed by atoms with Gasteiger partial charge >= 0.3 is 5.97 Å². The number of amides is 1. The Balaban J connectivity index is 2.04. The number of halogens is 1. The van der Waals surface area contributed by atoms with Crippen molar-refractivity contribution >= 4 is 34.9 Å². The average Bonchev–Trinajstić information content (AvgIpc) is 2.56. The van der Waals surface area contributed by atoms with Gasteiger partial charge in [-0.3, -0.25) is 14.9 Å². The van der Waals surface area contributed by atoms with E-state index in [-0.39, 0.29) is 10.6 Å². The number of rotatable bonds is 5. The van der Waals surface area contributed by atoms with Gasteiger partial charge in [0, 0.05) is 16.8 Å². The van der Waals surface area contributed by atoms with Crippen LogP contribution >= 0.6 is 11.6 Å². The summed E-state index contributed by atoms with van der Waals surface area (Å²) in [6.07, 6.45) is 0. The lowest BCUT2D eigenvalue weighted by molar-refractivity contribution is -0.385. The first-order valence-electron chi connectivity index (χ1n) is 7.26. The van der Waals surface area contributed by atoms with E-state index in [1.54, 1.807) is 12.1 Å². The molecule has 0 saturated heterocycles. The molecule has 0 aromatic heterocycles. The predicted molar refractivity (Wildman–Crippen MR) is 92.9 cm³/mol. The number of nitro groups is 1. The molecule has 0 atom stereocenters. The molecular weight excluding hydrogens is 348 g/mol. The van der Waals surface area contributed by atoms with Gasteiger partial charge in [0.25, 0.3) is 11.6 Å². The summed E-state index contributed by atoms with van der Waals surface area (Å²) in [6, 6.07) is 9.00. The highest BCUT2D eigenvalue weighted by Crippen LogP contribution is 2.24. The summed E-state index contributed by atoms with van der Waals surface area (Å²) in [5, 5.41) is 13.7. The van der Waals surface area contributed by atoms with Gasteiger partial charge in [-0.15, -0.1) is 0 Å². The Kier molecular flexibility index (Phi) is 5.71. The molecule has 7 nitrogen and oxygen atoms in total. The van der Waals surface area contributed by atoms with Gasteiger partial charge < -0.3 is 10.1 Å². The molecule has 0 aliphatic carbocycles. The average molecular weight is 363 g/mol. The first-order valence-corrected chi connectivity index (χ1v) is 7.64. The number of nitro benzene ring substituents is 1. The largest absolute Gasteiger partial charge is 0.452 e. The molecule has 0 heterocycles. The molecule has 1 amide bonds. The third-order valence-electron chi connectivity index (χ3n) is 3.59. The monoisotopic (exact) mass is 362 g/mol. The minimum Gasteiger partial charge on any atom is -0.452 e. The predicted octanol–water partition coefficient (Wildman–Crippen LogP) is 3.66. The number of esters is 1. The summed E-state index contributed by atoms with van der Waals surface area (Å²) >= 11 is 5.69. The van der Waals surface area contributed by atoms with Crippen molar-refractivity contribution in [1.29, 1.82) is 0 Å². The quantitative estimate of drug-likeness (QED) is 0.497. The zero-order valence-electron chi connectivity index (χ0n) is 13.5. The maximum atomic E-state index is 12.0. The van der Waals surface area contributed by atoms with Gasteiger partial charge in [0.2, 0.25) is 0 Å². The van der Waals surface area contributed by atoms with Gasteiger partial charge in [0.05, 0.1) is 4.92 Å². The van der Waals surface area contributed by atoms with Gasteiger partial charge in [-0.2, -0.15) is 0 Å². The van der Waals surface area contributed by atoms with Crippen LogP contribution in [0.3, 0.4) is 0 Å². The highest BCUT2D eigenvalue weighted by molar-refractivity contribution is 6.31. The molecule has 0 fully saturated rings. The molecule has 2 aromatic carbocycles. The van der Waals surface area contributed by atoms with Crippen molar-refractivity contribution in [2.75, 3.05) is 11.9 Å². The number of carbonyl (C=O) groups is 2. The number of anilines is 1. The number of benzene rings is 2. The molecule has 25 heavy (non-hydrogen) atoms. The summed E-state index contributed by atoms with van der Waals surface area (Å²) in [6.45, 7) is 3.20. The Hall–Kier alpha value is -2.93. The third kappa shape index (κ3) is 4.54. The van der Waals surface area contributed by atoms with Crippen molar-refractivity contribution in [2.45, 2.75) is 13.8 Å². The first-order chi connectivity index (χ1) is 11.8. The highest BCUT2D eigenvalue weighted by atomic mass is 35.5. The van der Waals surface area contributed by atoms with Crippen molar-refractivity contribution in [3.63, 3.8) is 0 Å². The van der Waals surface area contributed by atoms with Crippen LogP contribution in [0.25, 0.3) is 0 Å². The topological polar surface area (TPSA) is 98.5 Å². The Morgan fingerprint density at radius 3 is 2.64 bits per heavy atom. The number of hydrogen-bond acceptors (Lipinski definition) is 5. The second kappa shape index (κ2) is 7.76. The molecule has 2 aromatic rings. The molecule has 1 N–H and O–H groups in total. The van der Waals surface area contributed by atoms with Gasteiger partial charge in [-0.1, -0.05) is 23.7 Å². The van der Waals surface area contributed by atoms with Crippen molar-refractivity contribution in [1.82, 2.24) is 0 Å². The second-order valence-corrected chi connectivity index (χ2v) is 5.73. The van der Waals surface area contributed by atoms with E-state index in [0.717, 1.165) is 17.2 Å². The van der Waals surface area contributed by atoms with Crippen LogP contribution in [-0.2, 0) is 9.53 Å². The van der Waals surface area contributed by atoms with E-state index in [9.17, 15) is 19.7 Å². The molecular formula is C17H15ClN2O5. The van der Waals surface area contributed by atoms with Crippen LogP contribution in [0.5, 0.6) is 0 Å². The van der Waals surface area contributed by atoms with Crippen molar-refractivity contribution in [3.8, 4) is 0 Å². The minimum atomic E-state index is -0.973. The smallest absolute Gasteiger partial charge is 0.345 e. The van der Waals surface area contributed by atoms with Crippen molar-refractivity contribution in [3.05, 3.63) is 68.2 Å². The van der Waals surface area contributed by atoms with Gasteiger partial charge in [-0.05, 0) is 43.2 Å². The van der Waals surface area contributed by atoms with Crippen LogP contribution in [0, 0.1) is 24.0 Å². The Labute approximate surface area is 148 Å². The molecule has 0 saturated carbocycles. The lowest BCUT2D eigenvalue weighted by atomic mass is 10.1. The normalized spacial score (nSPS) is 10.2. The Morgan fingerprint density at radius 1 is 1.24 bits per heavy atom. The highest BCUT2D eigenvalue weighted by Gasteiger charge is 2.22. The van der Waals surface area contributed by atoms with Crippen LogP contribution < -0.4 is 5.32 Å². The fourth-order valence-electron chi connectivity index (χ4n) is 2.11. The van der Waals surface area contributed by atoms with E-state index in [0.29, 0.717) is 5.69 Å². The first kappa shape index (κ1) is 18.4. The third-order valence-corrected chi connectivity index (χ3v) is 3.82. The fourth-order valence-corrected chi connectivity index (χ4v) is 2.28. The van der Waals surface area contributed by atoms with Crippen LogP contribution in [0.4, 0.5) is 11.4 Å². The van der Waals surface area contributed by atoms with Crippen LogP contribution in [0.15, 0.2) is 36.4 Å². The molecule has 0 unspecified atom stereocenters. The van der Waals surface area contributed by atoms with E-state index in [2.05, 4.69) is 5.32 Å². The molecule has 0 radical (unpaired) electrons. The fraction of sp³-hybridized carbons (Fsp3) is 0.176. The number of nitrogens with one attached hydrogen (secondary N) is 1. The molecule has 0 spiro atoms. The zero-order chi connectivity index (χ0) is 18.6. The van der Waals surface area contributed by atoms with Gasteiger partial charge in [0.15, 0.2) is 6.61 Å². The second-order valence-electron chi connectivity index (χ2n) is 5.29. The summed E-state index contributed by atoms with van der Waals surface area (Å²) in [5.41, 5.74) is 1.77. The van der Waals surface area contributed by atoms with E-state index in [1.807, 2.05) is 19.9 Å².